The maximum Gasteiger partial charge on any atom is 0.0315 e. The molecule has 2 aromatic rings. The SMILES string of the molecule is Cc1cnccc1CNC(C)c1cccnc1. The summed E-state index contributed by atoms with van der Waals surface area (Å²) in [7, 11) is 0. The van der Waals surface area contributed by atoms with E-state index in [0.717, 1.165) is 6.54 Å². The second-order valence-corrected chi connectivity index (χ2v) is 4.19. The van der Waals surface area contributed by atoms with E-state index in [1.54, 1.807) is 6.20 Å². The molecule has 1 unspecified atom stereocenters. The fourth-order valence-electron chi connectivity index (χ4n) is 1.71. The van der Waals surface area contributed by atoms with Crippen molar-refractivity contribution in [1.82, 2.24) is 15.3 Å². The lowest BCUT2D eigenvalue weighted by molar-refractivity contribution is 0.571. The van der Waals surface area contributed by atoms with E-state index in [1.165, 1.54) is 16.7 Å². The molecule has 0 bridgehead atoms. The van der Waals surface area contributed by atoms with Gasteiger partial charge in [-0.1, -0.05) is 6.07 Å². The van der Waals surface area contributed by atoms with Crippen LogP contribution in [0.25, 0.3) is 0 Å². The molecule has 0 aliphatic heterocycles. The van der Waals surface area contributed by atoms with Crippen LogP contribution in [-0.2, 0) is 6.54 Å². The third kappa shape index (κ3) is 3.11. The van der Waals surface area contributed by atoms with Gasteiger partial charge in [-0.15, -0.1) is 0 Å². The molecule has 1 N–H and O–H groups in total. The number of aryl methyl sites for hydroxylation is 1. The summed E-state index contributed by atoms with van der Waals surface area (Å²) >= 11 is 0. The first-order chi connectivity index (χ1) is 8.27. The molecule has 0 saturated heterocycles. The maximum absolute atomic E-state index is 4.13. The Hall–Kier alpha value is -1.74. The van der Waals surface area contributed by atoms with Crippen molar-refractivity contribution in [3.8, 4) is 0 Å². The number of aromatic nitrogens is 2. The van der Waals surface area contributed by atoms with Crippen LogP contribution in [0.3, 0.4) is 0 Å². The van der Waals surface area contributed by atoms with Crippen molar-refractivity contribution >= 4 is 0 Å². The molecular formula is C14H17N3. The van der Waals surface area contributed by atoms with Gasteiger partial charge >= 0.3 is 0 Å². The van der Waals surface area contributed by atoms with Gasteiger partial charge in [-0.25, -0.2) is 0 Å². The molecule has 0 radical (unpaired) electrons. The highest BCUT2D eigenvalue weighted by Crippen LogP contribution is 2.12. The first kappa shape index (κ1) is 11.7. The van der Waals surface area contributed by atoms with Crippen molar-refractivity contribution in [2.45, 2.75) is 26.4 Å². The van der Waals surface area contributed by atoms with E-state index in [2.05, 4.69) is 41.3 Å². The van der Waals surface area contributed by atoms with Crippen molar-refractivity contribution < 1.29 is 0 Å². The molecule has 0 aromatic carbocycles. The average molecular weight is 227 g/mol. The quantitative estimate of drug-likeness (QED) is 0.872. The van der Waals surface area contributed by atoms with Crippen molar-refractivity contribution in [2.75, 3.05) is 0 Å². The Kier molecular flexibility index (Phi) is 3.83. The zero-order valence-electron chi connectivity index (χ0n) is 10.2. The number of rotatable bonds is 4. The third-order valence-corrected chi connectivity index (χ3v) is 2.92. The number of hydrogen-bond acceptors (Lipinski definition) is 3. The lowest BCUT2D eigenvalue weighted by Gasteiger charge is -2.14. The maximum atomic E-state index is 4.13. The lowest BCUT2D eigenvalue weighted by Crippen LogP contribution is -2.18. The van der Waals surface area contributed by atoms with Gasteiger partial charge in [-0.05, 0) is 42.7 Å². The molecule has 0 amide bonds. The predicted octanol–water partition coefficient (Wildman–Crippen LogP) is 2.64. The summed E-state index contributed by atoms with van der Waals surface area (Å²) < 4.78 is 0. The Balaban J connectivity index is 1.97. The summed E-state index contributed by atoms with van der Waals surface area (Å²) in [4.78, 5) is 8.22. The Bertz CT molecular complexity index is 468. The minimum absolute atomic E-state index is 0.302. The van der Waals surface area contributed by atoms with Gasteiger partial charge in [0.15, 0.2) is 0 Å². The van der Waals surface area contributed by atoms with E-state index in [-0.39, 0.29) is 0 Å². The van der Waals surface area contributed by atoms with Gasteiger partial charge in [0.05, 0.1) is 0 Å². The topological polar surface area (TPSA) is 37.8 Å². The number of hydrogen-bond donors (Lipinski definition) is 1. The molecule has 2 aromatic heterocycles. The normalized spacial score (nSPS) is 12.4. The van der Waals surface area contributed by atoms with Gasteiger partial charge in [0.1, 0.15) is 0 Å². The standard InChI is InChI=1S/C14H17N3/c1-11-8-16-7-5-13(11)10-17-12(2)14-4-3-6-15-9-14/h3-9,12,17H,10H2,1-2H3. The summed E-state index contributed by atoms with van der Waals surface area (Å²) in [5.74, 6) is 0. The van der Waals surface area contributed by atoms with Crippen molar-refractivity contribution in [2.24, 2.45) is 0 Å². The molecule has 0 spiro atoms. The Morgan fingerprint density at radius 2 is 2.00 bits per heavy atom. The molecular weight excluding hydrogens is 210 g/mol. The first-order valence-electron chi connectivity index (χ1n) is 5.80. The second-order valence-electron chi connectivity index (χ2n) is 4.19. The summed E-state index contributed by atoms with van der Waals surface area (Å²) in [5, 5.41) is 3.49. The molecule has 0 fully saturated rings. The molecule has 3 heteroatoms. The van der Waals surface area contributed by atoms with Gasteiger partial charge in [-0.3, -0.25) is 9.97 Å². The molecule has 1 atom stereocenters. The van der Waals surface area contributed by atoms with Crippen molar-refractivity contribution in [3.05, 3.63) is 59.7 Å². The van der Waals surface area contributed by atoms with Crippen LogP contribution in [0.2, 0.25) is 0 Å². The molecule has 2 rings (SSSR count). The minimum atomic E-state index is 0.302. The van der Waals surface area contributed by atoms with Gasteiger partial charge in [0.25, 0.3) is 0 Å². The van der Waals surface area contributed by atoms with E-state index in [0.29, 0.717) is 6.04 Å². The number of nitrogens with zero attached hydrogens (tertiary/aromatic N) is 2. The van der Waals surface area contributed by atoms with Gasteiger partial charge in [0.2, 0.25) is 0 Å². The van der Waals surface area contributed by atoms with Crippen LogP contribution in [0.15, 0.2) is 43.0 Å². The first-order valence-corrected chi connectivity index (χ1v) is 5.80. The van der Waals surface area contributed by atoms with Gasteiger partial charge in [-0.2, -0.15) is 0 Å². The van der Waals surface area contributed by atoms with Crippen LogP contribution in [0.4, 0.5) is 0 Å². The van der Waals surface area contributed by atoms with Crippen LogP contribution in [0, 0.1) is 6.92 Å². The summed E-state index contributed by atoms with van der Waals surface area (Å²) in [5.41, 5.74) is 3.72. The molecule has 88 valence electrons. The summed E-state index contributed by atoms with van der Waals surface area (Å²) in [6.07, 6.45) is 7.42. The van der Waals surface area contributed by atoms with E-state index in [1.807, 2.05) is 24.7 Å². The summed E-state index contributed by atoms with van der Waals surface area (Å²) in [6.45, 7) is 5.08. The Labute approximate surface area is 102 Å². The highest BCUT2D eigenvalue weighted by Gasteiger charge is 2.05. The molecule has 17 heavy (non-hydrogen) atoms. The average Bonchev–Trinajstić information content (AvgIpc) is 2.38. The highest BCUT2D eigenvalue weighted by molar-refractivity contribution is 5.22. The Morgan fingerprint density at radius 1 is 1.18 bits per heavy atom. The van der Waals surface area contributed by atoms with Crippen LogP contribution in [0.1, 0.15) is 29.7 Å². The highest BCUT2D eigenvalue weighted by atomic mass is 14.9. The van der Waals surface area contributed by atoms with Gasteiger partial charge < -0.3 is 5.32 Å². The monoisotopic (exact) mass is 227 g/mol. The van der Waals surface area contributed by atoms with E-state index in [4.69, 9.17) is 0 Å². The molecule has 2 heterocycles. The number of pyridine rings is 2. The third-order valence-electron chi connectivity index (χ3n) is 2.92. The lowest BCUT2D eigenvalue weighted by atomic mass is 10.1. The zero-order chi connectivity index (χ0) is 12.1. The fourth-order valence-corrected chi connectivity index (χ4v) is 1.71. The largest absolute Gasteiger partial charge is 0.306 e. The zero-order valence-corrected chi connectivity index (χ0v) is 10.2. The molecule has 0 aliphatic rings. The van der Waals surface area contributed by atoms with Crippen molar-refractivity contribution in [1.29, 1.82) is 0 Å². The number of nitrogens with one attached hydrogen (secondary N) is 1. The molecule has 0 aliphatic carbocycles. The molecule has 3 nitrogen and oxygen atoms in total. The summed E-state index contributed by atoms with van der Waals surface area (Å²) in [6, 6.07) is 6.41. The van der Waals surface area contributed by atoms with Crippen molar-refractivity contribution in [3.63, 3.8) is 0 Å². The van der Waals surface area contributed by atoms with E-state index < -0.39 is 0 Å². The van der Waals surface area contributed by atoms with Crippen LogP contribution in [-0.4, -0.2) is 9.97 Å². The predicted molar refractivity (Wildman–Crippen MR) is 68.5 cm³/mol. The van der Waals surface area contributed by atoms with Gasteiger partial charge in [0, 0.05) is 37.4 Å². The minimum Gasteiger partial charge on any atom is -0.306 e. The Morgan fingerprint density at radius 3 is 2.71 bits per heavy atom. The van der Waals surface area contributed by atoms with Crippen LogP contribution < -0.4 is 5.32 Å². The fraction of sp³-hybridized carbons (Fsp3) is 0.286. The molecule has 0 saturated carbocycles. The van der Waals surface area contributed by atoms with E-state index >= 15 is 0 Å². The van der Waals surface area contributed by atoms with Crippen LogP contribution in [0.5, 0.6) is 0 Å². The van der Waals surface area contributed by atoms with E-state index in [9.17, 15) is 0 Å². The smallest absolute Gasteiger partial charge is 0.0315 e. The van der Waals surface area contributed by atoms with Crippen LogP contribution >= 0.6 is 0 Å². The second kappa shape index (κ2) is 5.55.